The minimum atomic E-state index is 0.0354. The van der Waals surface area contributed by atoms with Crippen LogP contribution in [0.1, 0.15) is 82.6 Å². The van der Waals surface area contributed by atoms with Gasteiger partial charge in [0.05, 0.1) is 13.5 Å². The molecule has 8 aliphatic rings. The van der Waals surface area contributed by atoms with E-state index in [1.54, 1.807) is 7.11 Å². The van der Waals surface area contributed by atoms with Crippen LogP contribution in [-0.4, -0.2) is 78.5 Å². The van der Waals surface area contributed by atoms with Crippen molar-refractivity contribution in [3.8, 4) is 5.75 Å². The molecule has 8 aliphatic carbocycles. The van der Waals surface area contributed by atoms with E-state index in [2.05, 4.69) is 31.5 Å². The molecule has 9 rings (SSSR count). The van der Waals surface area contributed by atoms with E-state index in [1.165, 1.54) is 77.0 Å². The highest BCUT2D eigenvalue weighted by atomic mass is 32.1. The standard InChI is InChI=1S/C37H56N6O2S2/c1-45-32-4-2-25(3-5-32)18-33(44)38-6-9-43(10-7-39-34(46)41-36-19-26-12-27(20-36)14-28(13-26)21-36)11-8-40-35(47)42-37-22-29-15-30(23-37)17-31(16-29)24-37/h2-5,26-31H,6-24H2,1H3,(H,38,44)(H2,39,41,46)(H2,40,42,47). The minimum Gasteiger partial charge on any atom is -0.497 e. The number of carbonyl (C=O) groups is 1. The van der Waals surface area contributed by atoms with Crippen LogP contribution in [0.4, 0.5) is 0 Å². The first-order chi connectivity index (χ1) is 22.7. The molecule has 258 valence electrons. The van der Waals surface area contributed by atoms with Crippen molar-refractivity contribution < 1.29 is 9.53 Å². The van der Waals surface area contributed by atoms with E-state index < -0.39 is 0 Å². The average molecular weight is 681 g/mol. The second-order valence-corrected chi connectivity index (χ2v) is 17.2. The number of hydrogen-bond acceptors (Lipinski definition) is 5. The lowest BCUT2D eigenvalue weighted by Crippen LogP contribution is -2.61. The Bertz CT molecular complexity index is 1150. The van der Waals surface area contributed by atoms with Crippen LogP contribution in [0.2, 0.25) is 0 Å². The van der Waals surface area contributed by atoms with Gasteiger partial charge >= 0.3 is 0 Å². The largest absolute Gasteiger partial charge is 0.497 e. The van der Waals surface area contributed by atoms with Gasteiger partial charge in [-0.25, -0.2) is 0 Å². The molecule has 47 heavy (non-hydrogen) atoms. The van der Waals surface area contributed by atoms with Gasteiger partial charge in [-0.05, 0) is 155 Å². The molecule has 8 saturated carbocycles. The molecule has 0 atom stereocenters. The van der Waals surface area contributed by atoms with E-state index in [0.717, 1.165) is 89.8 Å². The first-order valence-corrected chi connectivity index (χ1v) is 19.3. The molecule has 0 aromatic heterocycles. The van der Waals surface area contributed by atoms with Gasteiger partial charge in [0.1, 0.15) is 5.75 Å². The molecule has 1 aromatic rings. The molecule has 0 saturated heterocycles. The van der Waals surface area contributed by atoms with Gasteiger partial charge in [-0.1, -0.05) is 12.1 Å². The van der Waals surface area contributed by atoms with E-state index in [1.807, 2.05) is 24.3 Å². The summed E-state index contributed by atoms with van der Waals surface area (Å²) < 4.78 is 5.24. The maximum Gasteiger partial charge on any atom is 0.224 e. The van der Waals surface area contributed by atoms with Crippen molar-refractivity contribution in [2.24, 2.45) is 35.5 Å². The van der Waals surface area contributed by atoms with Gasteiger partial charge < -0.3 is 31.3 Å². The summed E-state index contributed by atoms with van der Waals surface area (Å²) >= 11 is 11.7. The van der Waals surface area contributed by atoms with E-state index in [0.29, 0.717) is 13.0 Å². The number of thiocarbonyl (C=S) groups is 2. The van der Waals surface area contributed by atoms with Crippen molar-refractivity contribution in [1.82, 2.24) is 31.5 Å². The van der Waals surface area contributed by atoms with Crippen LogP contribution in [0.5, 0.6) is 5.75 Å². The summed E-state index contributed by atoms with van der Waals surface area (Å²) in [6.45, 7) is 4.59. The summed E-state index contributed by atoms with van der Waals surface area (Å²) in [6.07, 6.45) is 16.7. The second-order valence-electron chi connectivity index (χ2n) is 16.4. The Labute approximate surface area is 292 Å². The predicted octanol–water partition coefficient (Wildman–Crippen LogP) is 4.52. The lowest BCUT2D eigenvalue weighted by Gasteiger charge is -2.57. The lowest BCUT2D eigenvalue weighted by atomic mass is 9.53. The van der Waals surface area contributed by atoms with Crippen molar-refractivity contribution in [2.45, 2.75) is 94.5 Å². The Balaban J connectivity index is 0.871. The molecular formula is C37H56N6O2S2. The minimum absolute atomic E-state index is 0.0354. The Morgan fingerprint density at radius 3 is 1.45 bits per heavy atom. The molecule has 0 radical (unpaired) electrons. The third-order valence-corrected chi connectivity index (χ3v) is 13.0. The third-order valence-electron chi connectivity index (χ3n) is 12.5. The van der Waals surface area contributed by atoms with Crippen LogP contribution in [0.15, 0.2) is 24.3 Å². The Hall–Kier alpha value is -2.17. The van der Waals surface area contributed by atoms with Crippen LogP contribution in [0.3, 0.4) is 0 Å². The molecule has 8 bridgehead atoms. The Kier molecular flexibility index (Phi) is 10.2. The fraction of sp³-hybridized carbons (Fsp3) is 0.757. The smallest absolute Gasteiger partial charge is 0.224 e. The van der Waals surface area contributed by atoms with Crippen molar-refractivity contribution >= 4 is 40.6 Å². The topological polar surface area (TPSA) is 89.7 Å². The summed E-state index contributed by atoms with van der Waals surface area (Å²) in [6, 6.07) is 7.69. The second kappa shape index (κ2) is 14.4. The molecular weight excluding hydrogens is 625 g/mol. The summed E-state index contributed by atoms with van der Waals surface area (Å²) in [5.74, 6) is 6.18. The van der Waals surface area contributed by atoms with Gasteiger partial charge in [-0.2, -0.15) is 0 Å². The number of amides is 1. The SMILES string of the molecule is COc1ccc(CC(=O)NCCN(CCNC(=S)NC23CC4CC(CC(C4)C2)C3)CCNC(=S)NC23CC4CC(CC(C4)C2)C3)cc1. The van der Waals surface area contributed by atoms with Crippen molar-refractivity contribution in [3.63, 3.8) is 0 Å². The number of nitrogens with zero attached hydrogens (tertiary/aromatic N) is 1. The number of rotatable bonds is 14. The van der Waals surface area contributed by atoms with Gasteiger partial charge in [0, 0.05) is 50.3 Å². The molecule has 0 aliphatic heterocycles. The van der Waals surface area contributed by atoms with E-state index >= 15 is 0 Å². The monoisotopic (exact) mass is 680 g/mol. The van der Waals surface area contributed by atoms with Crippen LogP contribution in [0.25, 0.3) is 0 Å². The zero-order valence-corrected chi connectivity index (χ0v) is 29.9. The third kappa shape index (κ3) is 8.35. The number of methoxy groups -OCH3 is 1. The number of hydrogen-bond donors (Lipinski definition) is 5. The molecule has 0 unspecified atom stereocenters. The molecule has 5 N–H and O–H groups in total. The van der Waals surface area contributed by atoms with Crippen LogP contribution < -0.4 is 31.3 Å². The summed E-state index contributed by atoms with van der Waals surface area (Å²) in [4.78, 5) is 15.1. The zero-order valence-electron chi connectivity index (χ0n) is 28.3. The number of benzene rings is 1. The maximum atomic E-state index is 12.7. The molecule has 1 aromatic carbocycles. The quantitative estimate of drug-likeness (QED) is 0.182. The Morgan fingerprint density at radius 2 is 1.06 bits per heavy atom. The van der Waals surface area contributed by atoms with E-state index in [-0.39, 0.29) is 17.0 Å². The van der Waals surface area contributed by atoms with Crippen molar-refractivity contribution in [3.05, 3.63) is 29.8 Å². The van der Waals surface area contributed by atoms with Gasteiger partial charge in [0.15, 0.2) is 10.2 Å². The number of ether oxygens (including phenoxy) is 1. The highest BCUT2D eigenvalue weighted by Gasteiger charge is 2.52. The fourth-order valence-corrected chi connectivity index (χ4v) is 12.1. The fourth-order valence-electron chi connectivity index (χ4n) is 11.4. The molecule has 0 spiro atoms. The van der Waals surface area contributed by atoms with E-state index in [9.17, 15) is 4.79 Å². The van der Waals surface area contributed by atoms with Gasteiger partial charge in [-0.3, -0.25) is 9.69 Å². The summed E-state index contributed by atoms with van der Waals surface area (Å²) in [5, 5.41) is 19.4. The highest BCUT2D eigenvalue weighted by molar-refractivity contribution is 7.80. The number of nitrogens with one attached hydrogen (secondary N) is 5. The maximum absolute atomic E-state index is 12.7. The summed E-state index contributed by atoms with van der Waals surface area (Å²) in [7, 11) is 1.65. The van der Waals surface area contributed by atoms with Gasteiger partial charge in [0.25, 0.3) is 0 Å². The first kappa shape index (κ1) is 33.3. The van der Waals surface area contributed by atoms with Crippen LogP contribution >= 0.6 is 24.4 Å². The van der Waals surface area contributed by atoms with Gasteiger partial charge in [-0.15, -0.1) is 0 Å². The molecule has 8 fully saturated rings. The molecule has 1 amide bonds. The van der Waals surface area contributed by atoms with Crippen molar-refractivity contribution in [1.29, 1.82) is 0 Å². The highest BCUT2D eigenvalue weighted by Crippen LogP contribution is 2.56. The van der Waals surface area contributed by atoms with Crippen molar-refractivity contribution in [2.75, 3.05) is 46.4 Å². The lowest BCUT2D eigenvalue weighted by molar-refractivity contribution is -0.120. The summed E-state index contributed by atoms with van der Waals surface area (Å²) in [5.41, 5.74) is 1.42. The molecule has 0 heterocycles. The Morgan fingerprint density at radius 1 is 0.681 bits per heavy atom. The zero-order chi connectivity index (χ0) is 32.4. The van der Waals surface area contributed by atoms with Gasteiger partial charge in [0.2, 0.25) is 5.91 Å². The number of carbonyl (C=O) groups excluding carboxylic acids is 1. The molecule has 10 heteroatoms. The average Bonchev–Trinajstić information content (AvgIpc) is 2.99. The van der Waals surface area contributed by atoms with Crippen LogP contribution in [-0.2, 0) is 11.2 Å². The molecule has 8 nitrogen and oxygen atoms in total. The normalized spacial score (nSPS) is 34.3. The predicted molar refractivity (Wildman–Crippen MR) is 195 cm³/mol. The van der Waals surface area contributed by atoms with Crippen LogP contribution in [0, 0.1) is 35.5 Å². The first-order valence-electron chi connectivity index (χ1n) is 18.5. The van der Waals surface area contributed by atoms with E-state index in [4.69, 9.17) is 29.2 Å².